The van der Waals surface area contributed by atoms with Crippen molar-refractivity contribution >= 4 is 23.5 Å². The molecule has 2 aromatic carbocycles. The van der Waals surface area contributed by atoms with Gasteiger partial charge in [0.25, 0.3) is 0 Å². The maximum atomic E-state index is 12.1. The van der Waals surface area contributed by atoms with E-state index >= 15 is 0 Å². The van der Waals surface area contributed by atoms with Crippen LogP contribution in [0.25, 0.3) is 0 Å². The van der Waals surface area contributed by atoms with Crippen molar-refractivity contribution in [3.63, 3.8) is 0 Å². The Balaban J connectivity index is 1.45. The van der Waals surface area contributed by atoms with Gasteiger partial charge in [0.2, 0.25) is 5.91 Å². The Morgan fingerprint density at radius 1 is 0.815 bits per heavy atom. The summed E-state index contributed by atoms with van der Waals surface area (Å²) in [5, 5.41) is 0. The first-order valence-electron chi connectivity index (χ1n) is 8.95. The van der Waals surface area contributed by atoms with Gasteiger partial charge in [-0.2, -0.15) is 0 Å². The number of benzene rings is 2. The van der Waals surface area contributed by atoms with Crippen LogP contribution < -0.4 is 4.90 Å². The molecule has 0 aromatic heterocycles. The third kappa shape index (κ3) is 4.94. The summed E-state index contributed by atoms with van der Waals surface area (Å²) in [6.45, 7) is 0.666. The fourth-order valence-corrected chi connectivity index (χ4v) is 2.87. The van der Waals surface area contributed by atoms with Gasteiger partial charge in [-0.15, -0.1) is 0 Å². The van der Waals surface area contributed by atoms with E-state index in [0.717, 1.165) is 18.5 Å². The highest BCUT2D eigenvalue weighted by Gasteiger charge is 2.19. The van der Waals surface area contributed by atoms with Crippen LogP contribution in [-0.4, -0.2) is 37.6 Å². The maximum absolute atomic E-state index is 12.1. The van der Waals surface area contributed by atoms with Gasteiger partial charge in [0.1, 0.15) is 13.2 Å². The molecule has 140 valence electrons. The normalized spacial score (nSPS) is 13.9. The summed E-state index contributed by atoms with van der Waals surface area (Å²) in [6, 6.07) is 15.4. The highest BCUT2D eigenvalue weighted by molar-refractivity contribution is 5.95. The number of ether oxygens (including phenoxy) is 2. The third-order valence-electron chi connectivity index (χ3n) is 4.30. The molecule has 1 saturated heterocycles. The molecule has 2 aromatic rings. The molecule has 0 spiro atoms. The average molecular weight is 367 g/mol. The Bertz CT molecular complexity index is 801. The second-order valence-corrected chi connectivity index (χ2v) is 6.19. The van der Waals surface area contributed by atoms with Crippen LogP contribution in [0.3, 0.4) is 0 Å². The van der Waals surface area contributed by atoms with Crippen molar-refractivity contribution in [3.05, 3.63) is 65.7 Å². The molecule has 0 atom stereocenters. The molecular weight excluding hydrogens is 346 g/mol. The van der Waals surface area contributed by atoms with Crippen LogP contribution in [0.5, 0.6) is 0 Å². The Morgan fingerprint density at radius 2 is 1.41 bits per heavy atom. The van der Waals surface area contributed by atoms with Crippen molar-refractivity contribution in [1.82, 2.24) is 0 Å². The largest absolute Gasteiger partial charge is 0.458 e. The molecule has 0 N–H and O–H groups in total. The Labute approximate surface area is 157 Å². The van der Waals surface area contributed by atoms with E-state index in [2.05, 4.69) is 0 Å². The average Bonchev–Trinajstić information content (AvgIpc) is 2.72. The molecule has 6 heteroatoms. The summed E-state index contributed by atoms with van der Waals surface area (Å²) in [7, 11) is 0. The van der Waals surface area contributed by atoms with Crippen LogP contribution in [-0.2, 0) is 14.3 Å². The predicted molar refractivity (Wildman–Crippen MR) is 99.7 cm³/mol. The summed E-state index contributed by atoms with van der Waals surface area (Å²) in [5.74, 6) is -0.846. The second kappa shape index (κ2) is 8.98. The number of amides is 1. The topological polar surface area (TPSA) is 72.9 Å². The van der Waals surface area contributed by atoms with Crippen molar-refractivity contribution in [1.29, 1.82) is 0 Å². The van der Waals surface area contributed by atoms with Gasteiger partial charge in [-0.05, 0) is 49.2 Å². The first-order chi connectivity index (χ1) is 13.1. The lowest BCUT2D eigenvalue weighted by Gasteiger charge is -2.26. The van der Waals surface area contributed by atoms with E-state index in [1.807, 2.05) is 6.07 Å². The van der Waals surface area contributed by atoms with Crippen LogP contribution in [0.4, 0.5) is 5.69 Å². The summed E-state index contributed by atoms with van der Waals surface area (Å²) < 4.78 is 10.2. The molecule has 0 bridgehead atoms. The molecular formula is C21H21NO5. The first-order valence-corrected chi connectivity index (χ1v) is 8.95. The summed E-state index contributed by atoms with van der Waals surface area (Å²) in [4.78, 5) is 37.5. The number of carbonyl (C=O) groups is 3. The minimum Gasteiger partial charge on any atom is -0.458 e. The van der Waals surface area contributed by atoms with Gasteiger partial charge in [0.15, 0.2) is 0 Å². The SMILES string of the molecule is O=C(OCCOC(=O)c1ccc(N2CCCCC2=O)cc1)c1ccccc1. The maximum Gasteiger partial charge on any atom is 0.338 e. The number of piperidine rings is 1. The number of rotatable bonds is 6. The van der Waals surface area contributed by atoms with Crippen molar-refractivity contribution in [2.24, 2.45) is 0 Å². The van der Waals surface area contributed by atoms with Gasteiger partial charge in [0.05, 0.1) is 11.1 Å². The number of esters is 2. The molecule has 1 fully saturated rings. The zero-order chi connectivity index (χ0) is 19.1. The van der Waals surface area contributed by atoms with Crippen molar-refractivity contribution in [2.75, 3.05) is 24.7 Å². The second-order valence-electron chi connectivity index (χ2n) is 6.19. The van der Waals surface area contributed by atoms with Crippen LogP contribution in [0.2, 0.25) is 0 Å². The smallest absolute Gasteiger partial charge is 0.338 e. The van der Waals surface area contributed by atoms with Gasteiger partial charge >= 0.3 is 11.9 Å². The van der Waals surface area contributed by atoms with Gasteiger partial charge in [-0.3, -0.25) is 4.79 Å². The van der Waals surface area contributed by atoms with Crippen LogP contribution in [0, 0.1) is 0 Å². The quantitative estimate of drug-likeness (QED) is 0.579. The van der Waals surface area contributed by atoms with E-state index in [-0.39, 0.29) is 19.1 Å². The Morgan fingerprint density at radius 3 is 2.00 bits per heavy atom. The van der Waals surface area contributed by atoms with Crippen LogP contribution >= 0.6 is 0 Å². The number of hydrogen-bond acceptors (Lipinski definition) is 5. The molecule has 27 heavy (non-hydrogen) atoms. The third-order valence-corrected chi connectivity index (χ3v) is 4.30. The highest BCUT2D eigenvalue weighted by atomic mass is 16.6. The van der Waals surface area contributed by atoms with Gasteiger partial charge < -0.3 is 14.4 Å². The van der Waals surface area contributed by atoms with Gasteiger partial charge in [-0.25, -0.2) is 9.59 Å². The Kier molecular flexibility index (Phi) is 6.20. The standard InChI is InChI=1S/C21H21NO5/c23-19-8-4-5-13-22(19)18-11-9-17(10-12-18)21(25)27-15-14-26-20(24)16-6-2-1-3-7-16/h1-3,6-7,9-12H,4-5,8,13-15H2. The van der Waals surface area contributed by atoms with E-state index < -0.39 is 11.9 Å². The van der Waals surface area contributed by atoms with Gasteiger partial charge in [-0.1, -0.05) is 18.2 Å². The number of carbonyl (C=O) groups excluding carboxylic acids is 3. The van der Waals surface area contributed by atoms with Crippen LogP contribution in [0.1, 0.15) is 40.0 Å². The molecule has 6 nitrogen and oxygen atoms in total. The fourth-order valence-electron chi connectivity index (χ4n) is 2.87. The van der Waals surface area contributed by atoms with Crippen molar-refractivity contribution in [3.8, 4) is 0 Å². The number of anilines is 1. The van der Waals surface area contributed by atoms with Gasteiger partial charge in [0, 0.05) is 18.7 Å². The van der Waals surface area contributed by atoms with E-state index in [4.69, 9.17) is 9.47 Å². The van der Waals surface area contributed by atoms with E-state index in [1.165, 1.54) is 0 Å². The van der Waals surface area contributed by atoms with Crippen molar-refractivity contribution < 1.29 is 23.9 Å². The first kappa shape index (κ1) is 18.6. The lowest BCUT2D eigenvalue weighted by atomic mass is 10.1. The number of nitrogens with zero attached hydrogens (tertiary/aromatic N) is 1. The molecule has 0 saturated carbocycles. The van der Waals surface area contributed by atoms with Crippen LogP contribution in [0.15, 0.2) is 54.6 Å². The molecule has 1 aliphatic heterocycles. The summed E-state index contributed by atoms with van der Waals surface area (Å²) in [5.41, 5.74) is 1.62. The molecule has 1 heterocycles. The summed E-state index contributed by atoms with van der Waals surface area (Å²) >= 11 is 0. The minimum absolute atomic E-state index is 0.0141. The lowest BCUT2D eigenvalue weighted by molar-refractivity contribution is -0.119. The number of hydrogen-bond donors (Lipinski definition) is 0. The molecule has 1 aliphatic rings. The molecule has 3 rings (SSSR count). The zero-order valence-corrected chi connectivity index (χ0v) is 14.9. The molecule has 1 amide bonds. The monoisotopic (exact) mass is 367 g/mol. The van der Waals surface area contributed by atoms with Crippen molar-refractivity contribution in [2.45, 2.75) is 19.3 Å². The fraction of sp³-hybridized carbons (Fsp3) is 0.286. The molecule has 0 unspecified atom stereocenters. The van der Waals surface area contributed by atoms with E-state index in [0.29, 0.717) is 24.1 Å². The predicted octanol–water partition coefficient (Wildman–Crippen LogP) is 3.22. The van der Waals surface area contributed by atoms with E-state index in [9.17, 15) is 14.4 Å². The molecule has 0 aliphatic carbocycles. The highest BCUT2D eigenvalue weighted by Crippen LogP contribution is 2.21. The van der Waals surface area contributed by atoms with E-state index in [1.54, 1.807) is 53.4 Å². The summed E-state index contributed by atoms with van der Waals surface area (Å²) in [6.07, 6.45) is 2.47. The zero-order valence-electron chi connectivity index (χ0n) is 14.9. The Hall–Kier alpha value is -3.15. The molecule has 0 radical (unpaired) electrons. The minimum atomic E-state index is -0.498. The lowest BCUT2D eigenvalue weighted by Crippen LogP contribution is -2.35.